The molecule has 2 atom stereocenters. The zero-order valence-corrected chi connectivity index (χ0v) is 8.93. The second-order valence-electron chi connectivity index (χ2n) is 4.26. The molecule has 0 radical (unpaired) electrons. The van der Waals surface area contributed by atoms with Crippen LogP contribution < -0.4 is 0 Å². The van der Waals surface area contributed by atoms with Crippen molar-refractivity contribution < 1.29 is 14.3 Å². The highest BCUT2D eigenvalue weighted by Crippen LogP contribution is 2.30. The van der Waals surface area contributed by atoms with Gasteiger partial charge in [0.05, 0.1) is 18.5 Å². The Morgan fingerprint density at radius 2 is 2.19 bits per heavy atom. The van der Waals surface area contributed by atoms with E-state index in [0.717, 1.165) is 23.0 Å². The van der Waals surface area contributed by atoms with Gasteiger partial charge in [-0.05, 0) is 30.2 Å². The Morgan fingerprint density at radius 1 is 1.25 bits per heavy atom. The van der Waals surface area contributed by atoms with E-state index >= 15 is 0 Å². The number of ether oxygens (including phenoxy) is 1. The first-order valence-corrected chi connectivity index (χ1v) is 5.60. The summed E-state index contributed by atoms with van der Waals surface area (Å²) in [5.74, 6) is 0. The second-order valence-corrected chi connectivity index (χ2v) is 4.26. The number of benzene rings is 1. The molecule has 1 aliphatic rings. The van der Waals surface area contributed by atoms with E-state index in [1.807, 2.05) is 18.2 Å². The summed E-state index contributed by atoms with van der Waals surface area (Å²) in [4.78, 5) is 0. The first kappa shape index (κ1) is 9.87. The zero-order chi connectivity index (χ0) is 11.0. The number of fused-ring (bicyclic) bond motifs is 1. The molecule has 3 heteroatoms. The molecular weight excluding hydrogens is 204 g/mol. The van der Waals surface area contributed by atoms with E-state index in [1.54, 1.807) is 6.26 Å². The van der Waals surface area contributed by atoms with Gasteiger partial charge in [0, 0.05) is 18.4 Å². The van der Waals surface area contributed by atoms with Crippen LogP contribution in [0, 0.1) is 0 Å². The maximum absolute atomic E-state index is 9.62. The lowest BCUT2D eigenvalue weighted by molar-refractivity contribution is -0.0447. The van der Waals surface area contributed by atoms with Crippen LogP contribution in [0.1, 0.15) is 24.5 Å². The summed E-state index contributed by atoms with van der Waals surface area (Å²) >= 11 is 0. The predicted octanol–water partition coefficient (Wildman–Crippen LogP) is 2.65. The Hall–Kier alpha value is -1.32. The highest BCUT2D eigenvalue weighted by atomic mass is 16.5. The first-order valence-electron chi connectivity index (χ1n) is 5.60. The summed E-state index contributed by atoms with van der Waals surface area (Å²) in [6, 6.07) is 7.98. The maximum atomic E-state index is 9.62. The Morgan fingerprint density at radius 3 is 3.06 bits per heavy atom. The van der Waals surface area contributed by atoms with Crippen LogP contribution >= 0.6 is 0 Å². The highest BCUT2D eigenvalue weighted by Gasteiger charge is 2.22. The van der Waals surface area contributed by atoms with Gasteiger partial charge >= 0.3 is 0 Å². The Kier molecular flexibility index (Phi) is 2.42. The standard InChI is InChI=1S/C13H14O3/c14-11-4-6-16-13(8-11)9-1-2-12-10(7-9)3-5-15-12/h1-3,5,7,11,13-14H,4,6,8H2. The molecule has 3 rings (SSSR count). The van der Waals surface area contributed by atoms with Crippen molar-refractivity contribution in [3.8, 4) is 0 Å². The molecule has 0 saturated carbocycles. The van der Waals surface area contributed by atoms with Crippen LogP contribution in [0.25, 0.3) is 11.0 Å². The monoisotopic (exact) mass is 218 g/mol. The van der Waals surface area contributed by atoms with Crippen molar-refractivity contribution in [2.75, 3.05) is 6.61 Å². The van der Waals surface area contributed by atoms with Gasteiger partial charge in [-0.1, -0.05) is 6.07 Å². The molecule has 0 bridgehead atoms. The van der Waals surface area contributed by atoms with Gasteiger partial charge in [0.2, 0.25) is 0 Å². The molecule has 2 aromatic rings. The largest absolute Gasteiger partial charge is 0.464 e. The molecule has 16 heavy (non-hydrogen) atoms. The normalized spacial score (nSPS) is 26.1. The number of aliphatic hydroxyl groups is 1. The van der Waals surface area contributed by atoms with Crippen LogP contribution in [0.15, 0.2) is 34.9 Å². The minimum Gasteiger partial charge on any atom is -0.464 e. The molecule has 1 aliphatic heterocycles. The summed E-state index contributed by atoms with van der Waals surface area (Å²) in [5.41, 5.74) is 2.01. The minimum absolute atomic E-state index is 0.0167. The van der Waals surface area contributed by atoms with Gasteiger partial charge in [0.15, 0.2) is 0 Å². The average molecular weight is 218 g/mol. The fourth-order valence-electron chi connectivity index (χ4n) is 2.20. The van der Waals surface area contributed by atoms with Crippen molar-refractivity contribution in [1.82, 2.24) is 0 Å². The van der Waals surface area contributed by atoms with Crippen LogP contribution in [0.3, 0.4) is 0 Å². The molecule has 0 aliphatic carbocycles. The van der Waals surface area contributed by atoms with E-state index < -0.39 is 0 Å². The van der Waals surface area contributed by atoms with Crippen molar-refractivity contribution in [3.05, 3.63) is 36.1 Å². The summed E-state index contributed by atoms with van der Waals surface area (Å²) in [7, 11) is 0. The molecule has 1 aromatic heterocycles. The molecule has 2 unspecified atom stereocenters. The quantitative estimate of drug-likeness (QED) is 0.800. The van der Waals surface area contributed by atoms with Gasteiger partial charge in [-0.15, -0.1) is 0 Å². The third-order valence-corrected chi connectivity index (χ3v) is 3.10. The van der Waals surface area contributed by atoms with Crippen molar-refractivity contribution in [3.63, 3.8) is 0 Å². The van der Waals surface area contributed by atoms with Crippen LogP contribution in [0.4, 0.5) is 0 Å². The second kappa shape index (κ2) is 3.92. The van der Waals surface area contributed by atoms with Crippen LogP contribution in [-0.2, 0) is 4.74 Å². The van der Waals surface area contributed by atoms with Gasteiger partial charge < -0.3 is 14.3 Å². The third kappa shape index (κ3) is 1.72. The lowest BCUT2D eigenvalue weighted by atomic mass is 9.98. The van der Waals surface area contributed by atoms with Gasteiger partial charge in [-0.25, -0.2) is 0 Å². The summed E-state index contributed by atoms with van der Waals surface area (Å²) < 4.78 is 11.0. The molecule has 3 nitrogen and oxygen atoms in total. The van der Waals surface area contributed by atoms with E-state index in [9.17, 15) is 5.11 Å². The number of furan rings is 1. The van der Waals surface area contributed by atoms with Gasteiger partial charge in [0.1, 0.15) is 5.58 Å². The molecule has 1 N–H and O–H groups in total. The van der Waals surface area contributed by atoms with Gasteiger partial charge in [0.25, 0.3) is 0 Å². The third-order valence-electron chi connectivity index (χ3n) is 3.10. The number of rotatable bonds is 1. The summed E-state index contributed by atoms with van der Waals surface area (Å²) in [6.07, 6.45) is 2.89. The molecular formula is C13H14O3. The fourth-order valence-corrected chi connectivity index (χ4v) is 2.20. The number of aliphatic hydroxyl groups excluding tert-OH is 1. The first-order chi connectivity index (χ1) is 7.83. The molecule has 2 heterocycles. The van der Waals surface area contributed by atoms with Crippen LogP contribution in [0.5, 0.6) is 0 Å². The Labute approximate surface area is 93.6 Å². The fraction of sp³-hybridized carbons (Fsp3) is 0.385. The summed E-state index contributed by atoms with van der Waals surface area (Å²) in [6.45, 7) is 0.634. The number of hydrogen-bond donors (Lipinski definition) is 1. The molecule has 1 fully saturated rings. The minimum atomic E-state index is -0.237. The van der Waals surface area contributed by atoms with E-state index in [-0.39, 0.29) is 12.2 Å². The zero-order valence-electron chi connectivity index (χ0n) is 8.93. The van der Waals surface area contributed by atoms with E-state index in [4.69, 9.17) is 9.15 Å². The molecule has 0 amide bonds. The SMILES string of the molecule is OC1CCOC(c2ccc3occc3c2)C1. The lowest BCUT2D eigenvalue weighted by Crippen LogP contribution is -2.23. The van der Waals surface area contributed by atoms with Crippen LogP contribution in [0.2, 0.25) is 0 Å². The highest BCUT2D eigenvalue weighted by molar-refractivity contribution is 5.77. The predicted molar refractivity (Wildman–Crippen MR) is 60.1 cm³/mol. The smallest absolute Gasteiger partial charge is 0.133 e. The molecule has 1 saturated heterocycles. The molecule has 84 valence electrons. The van der Waals surface area contributed by atoms with E-state index in [0.29, 0.717) is 13.0 Å². The van der Waals surface area contributed by atoms with Crippen molar-refractivity contribution >= 4 is 11.0 Å². The van der Waals surface area contributed by atoms with E-state index in [1.165, 1.54) is 0 Å². The van der Waals surface area contributed by atoms with Gasteiger partial charge in [-0.2, -0.15) is 0 Å². The molecule has 1 aromatic carbocycles. The van der Waals surface area contributed by atoms with Gasteiger partial charge in [-0.3, -0.25) is 0 Å². The Bertz CT molecular complexity index is 489. The van der Waals surface area contributed by atoms with Crippen molar-refractivity contribution in [2.45, 2.75) is 25.0 Å². The summed E-state index contributed by atoms with van der Waals surface area (Å²) in [5, 5.41) is 10.7. The van der Waals surface area contributed by atoms with Crippen molar-refractivity contribution in [1.29, 1.82) is 0 Å². The van der Waals surface area contributed by atoms with Crippen LogP contribution in [-0.4, -0.2) is 17.8 Å². The maximum Gasteiger partial charge on any atom is 0.133 e. The topological polar surface area (TPSA) is 42.6 Å². The lowest BCUT2D eigenvalue weighted by Gasteiger charge is -2.26. The average Bonchev–Trinajstić information content (AvgIpc) is 2.75. The van der Waals surface area contributed by atoms with Crippen molar-refractivity contribution in [2.24, 2.45) is 0 Å². The van der Waals surface area contributed by atoms with E-state index in [2.05, 4.69) is 6.07 Å². The number of hydrogen-bond acceptors (Lipinski definition) is 3. The molecule has 0 spiro atoms. The Balaban J connectivity index is 1.92.